The summed E-state index contributed by atoms with van der Waals surface area (Å²) >= 11 is 0. The van der Waals surface area contributed by atoms with Gasteiger partial charge in [-0.1, -0.05) is 6.07 Å². The van der Waals surface area contributed by atoms with E-state index in [2.05, 4.69) is 14.5 Å². The van der Waals surface area contributed by atoms with Crippen molar-refractivity contribution < 1.29 is 27.1 Å². The van der Waals surface area contributed by atoms with E-state index in [1.165, 1.54) is 6.07 Å². The van der Waals surface area contributed by atoms with Gasteiger partial charge in [0.2, 0.25) is 5.91 Å². The number of nitrogens with two attached hydrogens (primary N) is 1. The van der Waals surface area contributed by atoms with E-state index in [1.54, 1.807) is 0 Å². The fourth-order valence-electron chi connectivity index (χ4n) is 3.18. The van der Waals surface area contributed by atoms with Crippen LogP contribution in [-0.2, 0) is 4.79 Å². The maximum atomic E-state index is 13.9. The van der Waals surface area contributed by atoms with Gasteiger partial charge in [0.15, 0.2) is 11.6 Å². The van der Waals surface area contributed by atoms with E-state index in [1.807, 2.05) is 14.1 Å². The molecule has 1 atom stereocenters. The topological polar surface area (TPSA) is 58.8 Å². The Bertz CT molecular complexity index is 629. The number of carbonyl (C=O) groups excluding carboxylic acids is 1. The minimum Gasteiger partial charge on any atom is -0.403 e. The van der Waals surface area contributed by atoms with Crippen molar-refractivity contribution in [3.63, 3.8) is 0 Å². The van der Waals surface area contributed by atoms with E-state index >= 15 is 0 Å². The van der Waals surface area contributed by atoms with E-state index < -0.39 is 29.8 Å². The van der Waals surface area contributed by atoms with Crippen LogP contribution in [0.25, 0.3) is 0 Å². The Morgan fingerprint density at radius 3 is 2.42 bits per heavy atom. The molecule has 1 saturated heterocycles. The van der Waals surface area contributed by atoms with Gasteiger partial charge in [-0.2, -0.15) is 0 Å². The van der Waals surface area contributed by atoms with Crippen molar-refractivity contribution in [1.82, 2.24) is 9.80 Å². The maximum absolute atomic E-state index is 13.9. The van der Waals surface area contributed by atoms with E-state index in [0.29, 0.717) is 12.6 Å². The van der Waals surface area contributed by atoms with Crippen molar-refractivity contribution in [3.05, 3.63) is 29.6 Å². The second-order valence-corrected chi connectivity index (χ2v) is 6.69. The Kier molecular flexibility index (Phi) is 6.46. The number of hydrogen-bond donors (Lipinski definition) is 1. The minimum atomic E-state index is -4.98. The average Bonchev–Trinajstić information content (AvgIpc) is 2.53. The molecule has 0 unspecified atom stereocenters. The van der Waals surface area contributed by atoms with Gasteiger partial charge in [0, 0.05) is 12.6 Å². The molecule has 1 fully saturated rings. The molecule has 26 heavy (non-hydrogen) atoms. The van der Waals surface area contributed by atoms with Gasteiger partial charge in [0.1, 0.15) is 0 Å². The molecule has 2 rings (SSSR count). The molecule has 1 amide bonds. The summed E-state index contributed by atoms with van der Waals surface area (Å²) in [6.45, 7) is 1.84. The van der Waals surface area contributed by atoms with Gasteiger partial charge in [-0.25, -0.2) is 4.39 Å². The molecule has 1 aromatic rings. The number of rotatable bonds is 6. The number of amides is 1. The number of nitrogens with zero attached hydrogens (tertiary/aromatic N) is 2. The van der Waals surface area contributed by atoms with Gasteiger partial charge in [0.25, 0.3) is 0 Å². The molecule has 0 aromatic heterocycles. The van der Waals surface area contributed by atoms with Crippen LogP contribution in [0.2, 0.25) is 0 Å². The lowest BCUT2D eigenvalue weighted by Gasteiger charge is -2.36. The largest absolute Gasteiger partial charge is 0.573 e. The molecule has 1 aromatic carbocycles. The standard InChI is InChI=1S/C17H23F4N3O2/c1-23(2)12-5-7-24(8-6-12)10-13(16(22)25)11-3-4-15(14(18)9-11)26-17(19,20)21/h3-4,9,12-13H,5-8,10H2,1-2H3,(H2,22,25)/t13-/m1/s1. The summed E-state index contributed by atoms with van der Waals surface area (Å²) in [6.07, 6.45) is -3.11. The molecule has 5 nitrogen and oxygen atoms in total. The minimum absolute atomic E-state index is 0.235. The SMILES string of the molecule is CN(C)C1CCN(C[C@@H](C(N)=O)c2ccc(OC(F)(F)F)c(F)c2)CC1. The van der Waals surface area contributed by atoms with Crippen LogP contribution in [0, 0.1) is 5.82 Å². The third-order valence-corrected chi connectivity index (χ3v) is 4.66. The number of alkyl halides is 3. The molecule has 0 bridgehead atoms. The quantitative estimate of drug-likeness (QED) is 0.773. The molecular weight excluding hydrogens is 354 g/mol. The van der Waals surface area contributed by atoms with Gasteiger partial charge in [0.05, 0.1) is 5.92 Å². The first-order valence-electron chi connectivity index (χ1n) is 8.30. The summed E-state index contributed by atoms with van der Waals surface area (Å²) in [4.78, 5) is 16.0. The van der Waals surface area contributed by atoms with Crippen LogP contribution in [0.15, 0.2) is 18.2 Å². The summed E-state index contributed by atoms with van der Waals surface area (Å²) in [5.74, 6) is -3.57. The first kappa shape index (κ1) is 20.4. The first-order valence-corrected chi connectivity index (χ1v) is 8.30. The van der Waals surface area contributed by atoms with Crippen LogP contribution >= 0.6 is 0 Å². The fraction of sp³-hybridized carbons (Fsp3) is 0.588. The van der Waals surface area contributed by atoms with E-state index in [4.69, 9.17) is 5.73 Å². The highest BCUT2D eigenvalue weighted by Crippen LogP contribution is 2.29. The molecular formula is C17H23F4N3O2. The molecule has 1 heterocycles. The molecule has 9 heteroatoms. The van der Waals surface area contributed by atoms with Crippen molar-refractivity contribution in [2.24, 2.45) is 5.73 Å². The van der Waals surface area contributed by atoms with Gasteiger partial charge in [-0.05, 0) is 57.7 Å². The number of halogens is 4. The summed E-state index contributed by atoms with van der Waals surface area (Å²) < 4.78 is 54.2. The first-order chi connectivity index (χ1) is 12.1. The van der Waals surface area contributed by atoms with Crippen molar-refractivity contribution in [2.45, 2.75) is 31.2 Å². The molecule has 146 valence electrons. The Morgan fingerprint density at radius 2 is 1.96 bits per heavy atom. The lowest BCUT2D eigenvalue weighted by atomic mass is 9.95. The predicted molar refractivity (Wildman–Crippen MR) is 88.2 cm³/mol. The Labute approximate surface area is 149 Å². The summed E-state index contributed by atoms with van der Waals surface area (Å²) in [7, 11) is 4.03. The second kappa shape index (κ2) is 8.22. The van der Waals surface area contributed by atoms with E-state index in [9.17, 15) is 22.4 Å². The average molecular weight is 377 g/mol. The molecule has 0 aliphatic carbocycles. The smallest absolute Gasteiger partial charge is 0.403 e. The summed E-state index contributed by atoms with van der Waals surface area (Å²) in [5.41, 5.74) is 5.68. The Morgan fingerprint density at radius 1 is 1.35 bits per heavy atom. The van der Waals surface area contributed by atoms with Gasteiger partial charge in [-0.15, -0.1) is 13.2 Å². The number of likely N-dealkylation sites (tertiary alicyclic amines) is 1. The summed E-state index contributed by atoms with van der Waals surface area (Å²) in [5, 5.41) is 0. The van der Waals surface area contributed by atoms with Crippen LogP contribution in [0.4, 0.5) is 17.6 Å². The highest BCUT2D eigenvalue weighted by molar-refractivity contribution is 5.82. The molecule has 1 aliphatic rings. The molecule has 2 N–H and O–H groups in total. The van der Waals surface area contributed by atoms with Crippen LogP contribution in [0.3, 0.4) is 0 Å². The van der Waals surface area contributed by atoms with E-state index in [0.717, 1.165) is 38.1 Å². The number of benzene rings is 1. The lowest BCUT2D eigenvalue weighted by Crippen LogP contribution is -2.44. The number of ether oxygens (including phenoxy) is 1. The highest BCUT2D eigenvalue weighted by Gasteiger charge is 2.33. The maximum Gasteiger partial charge on any atom is 0.573 e. The summed E-state index contributed by atoms with van der Waals surface area (Å²) in [6, 6.07) is 3.45. The molecule has 0 radical (unpaired) electrons. The van der Waals surface area contributed by atoms with Gasteiger partial charge >= 0.3 is 6.36 Å². The van der Waals surface area contributed by atoms with Gasteiger partial charge in [-0.3, -0.25) is 4.79 Å². The van der Waals surface area contributed by atoms with Crippen LogP contribution in [0.5, 0.6) is 5.75 Å². The lowest BCUT2D eigenvalue weighted by molar-refractivity contribution is -0.275. The molecule has 1 aliphatic heterocycles. The fourth-order valence-corrected chi connectivity index (χ4v) is 3.18. The number of carbonyl (C=O) groups is 1. The van der Waals surface area contributed by atoms with Crippen molar-refractivity contribution in [2.75, 3.05) is 33.7 Å². The third-order valence-electron chi connectivity index (χ3n) is 4.66. The van der Waals surface area contributed by atoms with Crippen molar-refractivity contribution >= 4 is 5.91 Å². The van der Waals surface area contributed by atoms with Crippen LogP contribution < -0.4 is 10.5 Å². The molecule has 0 saturated carbocycles. The number of hydrogen-bond acceptors (Lipinski definition) is 4. The third kappa shape index (κ3) is 5.57. The molecule has 0 spiro atoms. The van der Waals surface area contributed by atoms with Crippen molar-refractivity contribution in [3.8, 4) is 5.75 Å². The zero-order chi connectivity index (χ0) is 19.5. The van der Waals surface area contributed by atoms with Crippen LogP contribution in [-0.4, -0.2) is 61.8 Å². The van der Waals surface area contributed by atoms with Gasteiger partial charge < -0.3 is 20.3 Å². The normalized spacial score (nSPS) is 18.1. The zero-order valence-corrected chi connectivity index (χ0v) is 14.7. The second-order valence-electron chi connectivity index (χ2n) is 6.69. The van der Waals surface area contributed by atoms with E-state index in [-0.39, 0.29) is 5.56 Å². The van der Waals surface area contributed by atoms with Crippen molar-refractivity contribution in [1.29, 1.82) is 0 Å². The Hall–Kier alpha value is -1.87. The Balaban J connectivity index is 2.08. The number of primary amides is 1. The highest BCUT2D eigenvalue weighted by atomic mass is 19.4. The predicted octanol–water partition coefficient (Wildman–Crippen LogP) is 2.32. The monoisotopic (exact) mass is 377 g/mol. The zero-order valence-electron chi connectivity index (χ0n) is 14.7. The number of piperidine rings is 1. The van der Waals surface area contributed by atoms with Crippen LogP contribution in [0.1, 0.15) is 24.3 Å².